The third-order valence-corrected chi connectivity index (χ3v) is 7.11. The minimum atomic E-state index is -0.0230. The van der Waals surface area contributed by atoms with Crippen LogP contribution >= 0.6 is 0 Å². The van der Waals surface area contributed by atoms with Crippen LogP contribution in [0.5, 0.6) is 5.75 Å². The van der Waals surface area contributed by atoms with Crippen LogP contribution in [-0.2, 0) is 10.2 Å². The van der Waals surface area contributed by atoms with E-state index in [4.69, 9.17) is 4.74 Å². The van der Waals surface area contributed by atoms with Crippen LogP contribution in [-0.4, -0.2) is 66.2 Å². The molecule has 3 heterocycles. The summed E-state index contributed by atoms with van der Waals surface area (Å²) in [5.41, 5.74) is 3.55. The highest BCUT2D eigenvalue weighted by Gasteiger charge is 2.47. The molecule has 0 radical (unpaired) electrons. The molecule has 1 aromatic heterocycles. The van der Waals surface area contributed by atoms with Gasteiger partial charge in [0.25, 0.3) is 0 Å². The van der Waals surface area contributed by atoms with Gasteiger partial charge in [0.05, 0.1) is 19.8 Å². The van der Waals surface area contributed by atoms with E-state index in [9.17, 15) is 9.90 Å². The summed E-state index contributed by atoms with van der Waals surface area (Å²) in [5.74, 6) is 1.48. The summed E-state index contributed by atoms with van der Waals surface area (Å²) in [5, 5.41) is 11.3. The number of likely N-dealkylation sites (tertiary alicyclic amines) is 1. The van der Waals surface area contributed by atoms with Crippen LogP contribution in [0.3, 0.4) is 0 Å². The number of aromatic amines is 1. The molecule has 6 heteroatoms. The molecule has 1 spiro atoms. The first-order valence-corrected chi connectivity index (χ1v) is 10.4. The van der Waals surface area contributed by atoms with Gasteiger partial charge in [0.2, 0.25) is 5.91 Å². The van der Waals surface area contributed by atoms with Crippen molar-refractivity contribution in [1.82, 2.24) is 14.8 Å². The molecule has 0 bridgehead atoms. The number of likely N-dealkylation sites (N-methyl/N-ethyl adjacent to an activating group) is 1. The summed E-state index contributed by atoms with van der Waals surface area (Å²) < 4.78 is 5.41. The molecule has 28 heavy (non-hydrogen) atoms. The largest absolute Gasteiger partial charge is 0.497 e. The lowest BCUT2D eigenvalue weighted by atomic mass is 9.68. The Bertz CT molecular complexity index is 909. The maximum atomic E-state index is 12.5. The Labute approximate surface area is 165 Å². The molecule has 1 atom stereocenters. The third-order valence-electron chi connectivity index (χ3n) is 7.11. The number of hydrogen-bond acceptors (Lipinski definition) is 4. The summed E-state index contributed by atoms with van der Waals surface area (Å²) in [7, 11) is 3.78. The lowest BCUT2D eigenvalue weighted by molar-refractivity contribution is -0.134. The Morgan fingerprint density at radius 3 is 2.71 bits per heavy atom. The van der Waals surface area contributed by atoms with Gasteiger partial charge in [0.15, 0.2) is 0 Å². The average molecular weight is 383 g/mol. The number of benzene rings is 1. The molecule has 2 aliphatic heterocycles. The predicted octanol–water partition coefficient (Wildman–Crippen LogP) is 2.43. The number of rotatable bonds is 3. The second kappa shape index (κ2) is 6.49. The molecule has 1 aliphatic carbocycles. The second-order valence-corrected chi connectivity index (χ2v) is 8.82. The molecule has 1 saturated carbocycles. The Morgan fingerprint density at radius 2 is 2.07 bits per heavy atom. The molecule has 150 valence electrons. The van der Waals surface area contributed by atoms with Crippen molar-refractivity contribution in [3.05, 3.63) is 29.5 Å². The van der Waals surface area contributed by atoms with E-state index in [0.29, 0.717) is 5.91 Å². The molecule has 2 aromatic rings. The van der Waals surface area contributed by atoms with Gasteiger partial charge >= 0.3 is 0 Å². The lowest BCUT2D eigenvalue weighted by Gasteiger charge is -2.49. The Balaban J connectivity index is 1.56. The summed E-state index contributed by atoms with van der Waals surface area (Å²) >= 11 is 0. The number of aliphatic hydroxyl groups excluding tert-OH is 1. The number of fused-ring (bicyclic) bond motifs is 4. The van der Waals surface area contributed by atoms with Crippen molar-refractivity contribution in [2.75, 3.05) is 40.4 Å². The highest BCUT2D eigenvalue weighted by atomic mass is 16.5. The maximum Gasteiger partial charge on any atom is 0.225 e. The van der Waals surface area contributed by atoms with E-state index in [0.717, 1.165) is 62.3 Å². The van der Waals surface area contributed by atoms with Gasteiger partial charge in [-0.15, -0.1) is 0 Å². The predicted molar refractivity (Wildman–Crippen MR) is 108 cm³/mol. The maximum absolute atomic E-state index is 12.5. The van der Waals surface area contributed by atoms with Crippen LogP contribution < -0.4 is 4.74 Å². The van der Waals surface area contributed by atoms with Gasteiger partial charge in [-0.05, 0) is 50.4 Å². The number of piperidine rings is 1. The van der Waals surface area contributed by atoms with E-state index in [1.165, 1.54) is 10.9 Å². The number of amides is 1. The molecular formula is C22H29N3O3. The molecule has 1 saturated heterocycles. The van der Waals surface area contributed by atoms with Crippen LogP contribution in [0.15, 0.2) is 18.2 Å². The zero-order chi connectivity index (χ0) is 19.5. The van der Waals surface area contributed by atoms with Crippen molar-refractivity contribution >= 4 is 16.8 Å². The monoisotopic (exact) mass is 383 g/mol. The van der Waals surface area contributed by atoms with E-state index >= 15 is 0 Å². The number of methoxy groups -OCH3 is 1. The average Bonchev–Trinajstić information content (AvgIpc) is 3.48. The molecule has 1 amide bonds. The number of nitrogens with zero attached hydrogens (tertiary/aromatic N) is 2. The van der Waals surface area contributed by atoms with Crippen molar-refractivity contribution in [1.29, 1.82) is 0 Å². The highest BCUT2D eigenvalue weighted by Crippen LogP contribution is 2.49. The highest BCUT2D eigenvalue weighted by molar-refractivity contribution is 5.88. The minimum Gasteiger partial charge on any atom is -0.497 e. The van der Waals surface area contributed by atoms with Gasteiger partial charge in [-0.1, -0.05) is 0 Å². The number of aromatic nitrogens is 1. The third kappa shape index (κ3) is 2.65. The number of carbonyl (C=O) groups is 1. The van der Waals surface area contributed by atoms with E-state index in [-0.39, 0.29) is 24.0 Å². The first-order chi connectivity index (χ1) is 13.6. The molecule has 6 nitrogen and oxygen atoms in total. The van der Waals surface area contributed by atoms with Crippen LogP contribution in [0.1, 0.15) is 43.0 Å². The zero-order valence-electron chi connectivity index (χ0n) is 16.7. The van der Waals surface area contributed by atoms with Gasteiger partial charge in [-0.3, -0.25) is 9.69 Å². The first kappa shape index (κ1) is 18.0. The van der Waals surface area contributed by atoms with Crippen molar-refractivity contribution < 1.29 is 14.6 Å². The first-order valence-electron chi connectivity index (χ1n) is 10.4. The Hall–Kier alpha value is -2.05. The van der Waals surface area contributed by atoms with Crippen LogP contribution in [0.2, 0.25) is 0 Å². The Morgan fingerprint density at radius 1 is 1.32 bits per heavy atom. The SMILES string of the molecule is COc1ccc2c3c([nH]c2c1)[C@H](CO)N(C)CC31CCN(C(=O)C2CC2)CC1. The standard InChI is InChI=1S/C22H29N3O3/c1-24-13-22(7-9-25(10-8-22)21(27)14-3-4-14)19-16-6-5-15(28-2)11-17(16)23-20(19)18(24)12-26/h5-6,11,14,18,23,26H,3-4,7-10,12-13H2,1-2H3/t18-/m0/s1. The summed E-state index contributed by atoms with van der Waals surface area (Å²) in [6, 6.07) is 6.18. The van der Waals surface area contributed by atoms with Gasteiger partial charge in [0.1, 0.15) is 5.75 Å². The molecule has 2 N–H and O–H groups in total. The molecular weight excluding hydrogens is 354 g/mol. The molecule has 0 unspecified atom stereocenters. The number of carbonyl (C=O) groups excluding carboxylic acids is 1. The number of ether oxygens (including phenoxy) is 1. The quantitative estimate of drug-likeness (QED) is 0.854. The summed E-state index contributed by atoms with van der Waals surface area (Å²) in [4.78, 5) is 20.5. The second-order valence-electron chi connectivity index (χ2n) is 8.82. The van der Waals surface area contributed by atoms with E-state index in [2.05, 4.69) is 27.9 Å². The Kier molecular flexibility index (Phi) is 4.18. The molecule has 3 aliphatic rings. The normalized spacial score (nSPS) is 24.5. The van der Waals surface area contributed by atoms with Gasteiger partial charge in [-0.2, -0.15) is 0 Å². The molecule has 1 aromatic carbocycles. The number of hydrogen-bond donors (Lipinski definition) is 2. The van der Waals surface area contributed by atoms with Crippen molar-refractivity contribution in [3.63, 3.8) is 0 Å². The van der Waals surface area contributed by atoms with Crippen molar-refractivity contribution in [2.24, 2.45) is 5.92 Å². The van der Waals surface area contributed by atoms with E-state index in [1.807, 2.05) is 12.1 Å². The molecule has 5 rings (SSSR count). The molecule has 2 fully saturated rings. The fourth-order valence-corrected chi connectivity index (χ4v) is 5.42. The zero-order valence-corrected chi connectivity index (χ0v) is 16.7. The van der Waals surface area contributed by atoms with Gasteiger partial charge in [0, 0.05) is 53.6 Å². The van der Waals surface area contributed by atoms with Crippen LogP contribution in [0.25, 0.3) is 10.9 Å². The van der Waals surface area contributed by atoms with E-state index in [1.54, 1.807) is 7.11 Å². The van der Waals surface area contributed by atoms with Crippen molar-refractivity contribution in [2.45, 2.75) is 37.1 Å². The topological polar surface area (TPSA) is 68.8 Å². The minimum absolute atomic E-state index is 0.0168. The fraction of sp³-hybridized carbons (Fsp3) is 0.591. The number of nitrogens with one attached hydrogen (secondary N) is 1. The van der Waals surface area contributed by atoms with Crippen LogP contribution in [0, 0.1) is 5.92 Å². The van der Waals surface area contributed by atoms with Gasteiger partial charge < -0.3 is 19.7 Å². The summed E-state index contributed by atoms with van der Waals surface area (Å²) in [6.07, 6.45) is 4.07. The van der Waals surface area contributed by atoms with Crippen molar-refractivity contribution in [3.8, 4) is 5.75 Å². The summed E-state index contributed by atoms with van der Waals surface area (Å²) in [6.45, 7) is 2.66. The lowest BCUT2D eigenvalue weighted by Crippen LogP contribution is -2.53. The number of aliphatic hydroxyl groups is 1. The van der Waals surface area contributed by atoms with E-state index < -0.39 is 0 Å². The smallest absolute Gasteiger partial charge is 0.225 e. The van der Waals surface area contributed by atoms with Crippen LogP contribution in [0.4, 0.5) is 0 Å². The number of H-pyrrole nitrogens is 1. The fourth-order valence-electron chi connectivity index (χ4n) is 5.42. The van der Waals surface area contributed by atoms with Gasteiger partial charge in [-0.25, -0.2) is 0 Å².